The van der Waals surface area contributed by atoms with Crippen molar-refractivity contribution in [1.29, 1.82) is 0 Å². The first kappa shape index (κ1) is 19.8. The highest BCUT2D eigenvalue weighted by Gasteiger charge is 2.42. The number of aromatic nitrogens is 3. The first-order chi connectivity index (χ1) is 15.0. The lowest BCUT2D eigenvalue weighted by atomic mass is 9.96. The number of anilines is 1. The molecule has 4 heterocycles. The molecule has 0 aliphatic carbocycles. The van der Waals surface area contributed by atoms with Gasteiger partial charge in [0.15, 0.2) is 10.2 Å². The monoisotopic (exact) mass is 449 g/mol. The fourth-order valence-corrected chi connectivity index (χ4v) is 5.36. The smallest absolute Gasteiger partial charge is 0.193 e. The van der Waals surface area contributed by atoms with Crippen LogP contribution in [0.1, 0.15) is 34.7 Å². The standard InChI is InChI=1S/C23H20FN5S2/c1-14-13-18(15(2)28(14)23-26-11-12-31-23)21-20(19-5-3-4-10-25-19)27-22(30)29(21)17-8-6-16(24)7-9-17/h3-13,20-21H,1-2H3,(H,27,30)/t20-,21+/m1/s1. The van der Waals surface area contributed by atoms with Gasteiger partial charge in [0.05, 0.1) is 17.8 Å². The van der Waals surface area contributed by atoms with E-state index in [1.165, 1.54) is 12.1 Å². The molecule has 3 aromatic heterocycles. The van der Waals surface area contributed by atoms with Gasteiger partial charge in [0.25, 0.3) is 0 Å². The molecule has 5 rings (SSSR count). The number of nitrogens with one attached hydrogen (secondary N) is 1. The van der Waals surface area contributed by atoms with Crippen molar-refractivity contribution in [2.24, 2.45) is 0 Å². The Morgan fingerprint density at radius 1 is 1.06 bits per heavy atom. The number of pyridine rings is 1. The predicted octanol–water partition coefficient (Wildman–Crippen LogP) is 5.26. The van der Waals surface area contributed by atoms with Gasteiger partial charge < -0.3 is 10.2 Å². The van der Waals surface area contributed by atoms with Gasteiger partial charge in [0.1, 0.15) is 5.82 Å². The summed E-state index contributed by atoms with van der Waals surface area (Å²) in [4.78, 5) is 11.2. The fourth-order valence-electron chi connectivity index (χ4n) is 4.26. The molecule has 1 aliphatic rings. The highest BCUT2D eigenvalue weighted by molar-refractivity contribution is 7.80. The molecule has 1 N–H and O–H groups in total. The van der Waals surface area contributed by atoms with Crippen molar-refractivity contribution in [1.82, 2.24) is 19.9 Å². The molecule has 1 saturated heterocycles. The maximum atomic E-state index is 13.6. The van der Waals surface area contributed by atoms with Crippen LogP contribution in [0.5, 0.6) is 0 Å². The van der Waals surface area contributed by atoms with Gasteiger partial charge in [0, 0.05) is 34.8 Å². The Bertz CT molecular complexity index is 1220. The summed E-state index contributed by atoms with van der Waals surface area (Å²) in [5, 5.41) is 6.94. The Morgan fingerprint density at radius 2 is 1.87 bits per heavy atom. The van der Waals surface area contributed by atoms with Crippen LogP contribution in [-0.2, 0) is 0 Å². The average molecular weight is 450 g/mol. The highest BCUT2D eigenvalue weighted by atomic mass is 32.1. The van der Waals surface area contributed by atoms with Crippen molar-refractivity contribution in [2.45, 2.75) is 25.9 Å². The molecule has 31 heavy (non-hydrogen) atoms. The summed E-state index contributed by atoms with van der Waals surface area (Å²) in [5.74, 6) is -0.276. The summed E-state index contributed by atoms with van der Waals surface area (Å²) < 4.78 is 15.8. The summed E-state index contributed by atoms with van der Waals surface area (Å²) in [7, 11) is 0. The Kier molecular flexibility index (Phi) is 5.03. The Morgan fingerprint density at radius 3 is 2.55 bits per heavy atom. The van der Waals surface area contributed by atoms with Gasteiger partial charge in [-0.15, -0.1) is 11.3 Å². The van der Waals surface area contributed by atoms with Gasteiger partial charge in [-0.1, -0.05) is 6.07 Å². The molecule has 8 heteroatoms. The molecule has 0 spiro atoms. The van der Waals surface area contributed by atoms with Crippen molar-refractivity contribution in [3.63, 3.8) is 0 Å². The van der Waals surface area contributed by atoms with E-state index in [1.54, 1.807) is 29.7 Å². The van der Waals surface area contributed by atoms with Gasteiger partial charge >= 0.3 is 0 Å². The van der Waals surface area contributed by atoms with E-state index < -0.39 is 0 Å². The average Bonchev–Trinajstić information content (AvgIpc) is 3.47. The third-order valence-electron chi connectivity index (χ3n) is 5.60. The van der Waals surface area contributed by atoms with Crippen LogP contribution in [0.4, 0.5) is 10.1 Å². The lowest BCUT2D eigenvalue weighted by molar-refractivity contribution is 0.565. The van der Waals surface area contributed by atoms with Crippen LogP contribution in [0.2, 0.25) is 0 Å². The van der Waals surface area contributed by atoms with Crippen molar-refractivity contribution < 1.29 is 4.39 Å². The highest BCUT2D eigenvalue weighted by Crippen LogP contribution is 2.43. The number of aryl methyl sites for hydroxylation is 1. The zero-order valence-electron chi connectivity index (χ0n) is 17.0. The Labute approximate surface area is 189 Å². The summed E-state index contributed by atoms with van der Waals surface area (Å²) in [6.45, 7) is 4.18. The minimum Gasteiger partial charge on any atom is -0.351 e. The summed E-state index contributed by atoms with van der Waals surface area (Å²) in [6, 6.07) is 14.2. The van der Waals surface area contributed by atoms with Crippen LogP contribution in [0.15, 0.2) is 66.3 Å². The fraction of sp³-hybridized carbons (Fsp3) is 0.174. The second-order valence-corrected chi connectivity index (χ2v) is 8.71. The van der Waals surface area contributed by atoms with Gasteiger partial charge in [0.2, 0.25) is 0 Å². The molecule has 0 saturated carbocycles. The second kappa shape index (κ2) is 7.86. The second-order valence-electron chi connectivity index (χ2n) is 7.45. The van der Waals surface area contributed by atoms with E-state index >= 15 is 0 Å². The first-order valence-corrected chi connectivity index (χ1v) is 11.2. The van der Waals surface area contributed by atoms with Crippen LogP contribution >= 0.6 is 23.6 Å². The van der Waals surface area contributed by atoms with Crippen molar-refractivity contribution >= 4 is 34.4 Å². The molecular weight excluding hydrogens is 429 g/mol. The van der Waals surface area contributed by atoms with Crippen molar-refractivity contribution in [2.75, 3.05) is 4.90 Å². The molecule has 156 valence electrons. The third-order valence-corrected chi connectivity index (χ3v) is 6.67. The molecule has 1 aromatic carbocycles. The van der Waals surface area contributed by atoms with Crippen molar-refractivity contribution in [3.05, 3.63) is 94.8 Å². The number of hydrogen-bond donors (Lipinski definition) is 1. The molecule has 0 unspecified atom stereocenters. The SMILES string of the molecule is Cc1cc([C@H]2[C@@H](c3ccccn3)NC(=S)N2c2ccc(F)cc2)c(C)n1-c1nccs1. The quantitative estimate of drug-likeness (QED) is 0.431. The molecular formula is C23H20FN5S2. The van der Waals surface area contributed by atoms with E-state index in [1.807, 2.05) is 29.8 Å². The number of rotatable bonds is 4. The van der Waals surface area contributed by atoms with E-state index in [0.29, 0.717) is 5.11 Å². The normalized spacial score (nSPS) is 18.4. The lowest BCUT2D eigenvalue weighted by Gasteiger charge is -2.28. The van der Waals surface area contributed by atoms with E-state index in [4.69, 9.17) is 12.2 Å². The number of thiazole rings is 1. The number of halogens is 1. The minimum absolute atomic E-state index is 0.146. The minimum atomic E-state index is -0.276. The van der Waals surface area contributed by atoms with Crippen LogP contribution in [0, 0.1) is 19.7 Å². The van der Waals surface area contributed by atoms with E-state index in [9.17, 15) is 4.39 Å². The summed E-state index contributed by atoms with van der Waals surface area (Å²) in [5.41, 5.74) is 5.05. The molecule has 1 fully saturated rings. The zero-order valence-corrected chi connectivity index (χ0v) is 18.6. The van der Waals surface area contributed by atoms with E-state index in [-0.39, 0.29) is 17.9 Å². The van der Waals surface area contributed by atoms with E-state index in [2.05, 4.69) is 44.7 Å². The van der Waals surface area contributed by atoms with Crippen LogP contribution < -0.4 is 10.2 Å². The lowest BCUT2D eigenvalue weighted by Crippen LogP contribution is -2.29. The number of thiocarbonyl (C=S) groups is 1. The van der Waals surface area contributed by atoms with Gasteiger partial charge in [-0.25, -0.2) is 9.37 Å². The maximum absolute atomic E-state index is 13.6. The van der Waals surface area contributed by atoms with Crippen LogP contribution in [0.3, 0.4) is 0 Å². The van der Waals surface area contributed by atoms with Crippen molar-refractivity contribution in [3.8, 4) is 5.13 Å². The van der Waals surface area contributed by atoms with Gasteiger partial charge in [-0.3, -0.25) is 9.55 Å². The van der Waals surface area contributed by atoms with Gasteiger partial charge in [-0.05, 0) is 74.1 Å². The Balaban J connectivity index is 1.68. The molecule has 1 aliphatic heterocycles. The molecule has 4 aromatic rings. The third kappa shape index (κ3) is 3.41. The molecule has 0 bridgehead atoms. The first-order valence-electron chi connectivity index (χ1n) is 9.89. The molecule has 2 atom stereocenters. The van der Waals surface area contributed by atoms with Gasteiger partial charge in [-0.2, -0.15) is 0 Å². The topological polar surface area (TPSA) is 46.0 Å². The summed E-state index contributed by atoms with van der Waals surface area (Å²) >= 11 is 7.35. The molecule has 5 nitrogen and oxygen atoms in total. The number of benzene rings is 1. The Hall–Kier alpha value is -3.10. The molecule has 0 radical (unpaired) electrons. The van der Waals surface area contributed by atoms with Crippen LogP contribution in [-0.4, -0.2) is 19.6 Å². The zero-order chi connectivity index (χ0) is 21.5. The maximum Gasteiger partial charge on any atom is 0.193 e. The number of nitrogens with zero attached hydrogens (tertiary/aromatic N) is 4. The molecule has 0 amide bonds. The van der Waals surface area contributed by atoms with E-state index in [0.717, 1.165) is 33.5 Å². The predicted molar refractivity (Wildman–Crippen MR) is 125 cm³/mol. The summed E-state index contributed by atoms with van der Waals surface area (Å²) in [6.07, 6.45) is 3.60. The number of hydrogen-bond acceptors (Lipinski definition) is 4. The largest absolute Gasteiger partial charge is 0.351 e. The van der Waals surface area contributed by atoms with Crippen LogP contribution in [0.25, 0.3) is 5.13 Å².